The number of halogens is 3. The second kappa shape index (κ2) is 11.1. The van der Waals surface area contributed by atoms with Gasteiger partial charge < -0.3 is 15.8 Å². The Morgan fingerprint density at radius 1 is 1.34 bits per heavy atom. The fraction of sp³-hybridized carbons (Fsp3) is 0.526. The maximum atomic E-state index is 13.1. The highest BCUT2D eigenvalue weighted by Gasteiger charge is 2.22. The number of hydrogen-bond donors (Lipinski definition) is 2. The number of carbonyl (C=O) groups excluding carboxylic acids is 1. The molecule has 0 bridgehead atoms. The van der Waals surface area contributed by atoms with Crippen molar-refractivity contribution in [2.45, 2.75) is 59.1 Å². The topological polar surface area (TPSA) is 95.1 Å². The van der Waals surface area contributed by atoms with Crippen LogP contribution in [0.3, 0.4) is 0 Å². The number of nitrogens with two attached hydrogens (primary N) is 1. The van der Waals surface area contributed by atoms with Crippen molar-refractivity contribution >= 4 is 17.7 Å². The molecule has 3 N–H and O–H groups in total. The number of benzene rings is 1. The van der Waals surface area contributed by atoms with Crippen molar-refractivity contribution in [2.75, 3.05) is 6.54 Å². The van der Waals surface area contributed by atoms with E-state index in [2.05, 4.69) is 29.2 Å². The largest absolute Gasteiger partial charge is 0.444 e. The fourth-order valence-electron chi connectivity index (χ4n) is 2.22. The summed E-state index contributed by atoms with van der Waals surface area (Å²) in [6.45, 7) is 9.53. The molecule has 2 rings (SSSR count). The van der Waals surface area contributed by atoms with Gasteiger partial charge in [0.1, 0.15) is 11.9 Å². The van der Waals surface area contributed by atoms with E-state index in [1.807, 2.05) is 0 Å². The van der Waals surface area contributed by atoms with E-state index in [0.29, 0.717) is 5.56 Å². The number of hydrogen-bond acceptors (Lipinski definition) is 5. The Hall–Kier alpha value is -2.26. The van der Waals surface area contributed by atoms with Crippen LogP contribution in [0.25, 0.3) is 5.69 Å². The smallest absolute Gasteiger partial charge is 0.408 e. The molecular formula is C19H28ClF2N5O2. The number of aromatic nitrogens is 3. The summed E-state index contributed by atoms with van der Waals surface area (Å²) in [5, 5.41) is 6.65. The van der Waals surface area contributed by atoms with E-state index >= 15 is 0 Å². The second-order valence-corrected chi connectivity index (χ2v) is 7.59. The zero-order valence-corrected chi connectivity index (χ0v) is 18.0. The molecule has 1 heterocycles. The van der Waals surface area contributed by atoms with Gasteiger partial charge in [0.2, 0.25) is 0 Å². The van der Waals surface area contributed by atoms with Crippen LogP contribution < -0.4 is 11.1 Å². The van der Waals surface area contributed by atoms with E-state index in [0.717, 1.165) is 11.0 Å². The molecule has 0 radical (unpaired) electrons. The van der Waals surface area contributed by atoms with Gasteiger partial charge in [-0.05, 0) is 38.5 Å². The Bertz CT molecular complexity index is 793. The molecule has 0 spiro atoms. The average Bonchev–Trinajstić information content (AvgIpc) is 3.09. The predicted molar refractivity (Wildman–Crippen MR) is 108 cm³/mol. The summed E-state index contributed by atoms with van der Waals surface area (Å²) in [5.74, 6) is -0.534. The molecule has 1 aromatic heterocycles. The minimum Gasteiger partial charge on any atom is -0.444 e. The maximum Gasteiger partial charge on any atom is 0.408 e. The van der Waals surface area contributed by atoms with Crippen molar-refractivity contribution in [3.8, 4) is 5.69 Å². The van der Waals surface area contributed by atoms with Gasteiger partial charge in [0.15, 0.2) is 5.82 Å². The van der Waals surface area contributed by atoms with Gasteiger partial charge in [0.05, 0.1) is 16.8 Å². The van der Waals surface area contributed by atoms with Crippen molar-refractivity contribution in [1.29, 1.82) is 0 Å². The van der Waals surface area contributed by atoms with Crippen LogP contribution in [0.2, 0.25) is 5.02 Å². The van der Waals surface area contributed by atoms with Crippen LogP contribution in [0, 0.1) is 0 Å². The first-order valence-electron chi connectivity index (χ1n) is 9.21. The summed E-state index contributed by atoms with van der Waals surface area (Å²) in [5.41, 5.74) is 5.85. The molecule has 2 aromatic rings. The third-order valence-electron chi connectivity index (χ3n) is 3.30. The second-order valence-electron chi connectivity index (χ2n) is 7.18. The van der Waals surface area contributed by atoms with Crippen LogP contribution in [-0.4, -0.2) is 33.0 Å². The van der Waals surface area contributed by atoms with Gasteiger partial charge in [-0.1, -0.05) is 37.9 Å². The number of alkyl halides is 2. The molecule has 0 aliphatic rings. The number of carbonyl (C=O) groups is 1. The van der Waals surface area contributed by atoms with Crippen LogP contribution in [0.4, 0.5) is 13.6 Å². The first-order chi connectivity index (χ1) is 13.5. The van der Waals surface area contributed by atoms with E-state index in [1.165, 1.54) is 18.6 Å². The minimum atomic E-state index is -2.82. The Labute approximate surface area is 174 Å². The quantitative estimate of drug-likeness (QED) is 0.709. The number of rotatable bonds is 5. The van der Waals surface area contributed by atoms with Gasteiger partial charge >= 0.3 is 6.09 Å². The average molecular weight is 432 g/mol. The Morgan fingerprint density at radius 2 is 1.97 bits per heavy atom. The highest BCUT2D eigenvalue weighted by Crippen LogP contribution is 2.27. The molecule has 1 atom stereocenters. The first kappa shape index (κ1) is 24.8. The Balaban J connectivity index is 0.00000132. The van der Waals surface area contributed by atoms with Crippen molar-refractivity contribution in [1.82, 2.24) is 20.1 Å². The van der Waals surface area contributed by atoms with E-state index in [9.17, 15) is 13.6 Å². The number of alkyl carbamates (subject to hydrolysis) is 1. The summed E-state index contributed by atoms with van der Waals surface area (Å²) < 4.78 is 32.3. The molecule has 0 aliphatic carbocycles. The van der Waals surface area contributed by atoms with Crippen LogP contribution in [-0.2, 0) is 4.74 Å². The standard InChI is InChI=1S/C16H20ClF2N5O2.C3H8/c1-16(2,3)26-15(25)23-11(7-20)9-4-5-10(17)12(6-9)24-14(13(18)19)21-8-22-24;1-3-2/h4-6,8,11,13H,7,20H2,1-3H3,(H,23,25);3H2,1-2H3. The molecule has 1 aromatic carbocycles. The monoisotopic (exact) mass is 431 g/mol. The first-order valence-corrected chi connectivity index (χ1v) is 9.59. The molecule has 1 amide bonds. The number of nitrogens with zero attached hydrogens (tertiary/aromatic N) is 3. The van der Waals surface area contributed by atoms with Gasteiger partial charge in [-0.2, -0.15) is 5.10 Å². The number of ether oxygens (including phenoxy) is 1. The van der Waals surface area contributed by atoms with Crippen LogP contribution in [0.15, 0.2) is 24.5 Å². The molecule has 7 nitrogen and oxygen atoms in total. The lowest BCUT2D eigenvalue weighted by atomic mass is 10.1. The number of amides is 1. The molecule has 0 saturated heterocycles. The predicted octanol–water partition coefficient (Wildman–Crippen LogP) is 4.80. The van der Waals surface area contributed by atoms with Crippen molar-refractivity contribution in [2.24, 2.45) is 5.73 Å². The lowest BCUT2D eigenvalue weighted by Crippen LogP contribution is -2.37. The number of nitrogens with one attached hydrogen (secondary N) is 1. The Kier molecular flexibility index (Phi) is 9.45. The zero-order valence-electron chi connectivity index (χ0n) is 17.2. The molecule has 162 valence electrons. The lowest BCUT2D eigenvalue weighted by molar-refractivity contribution is 0.0505. The summed E-state index contributed by atoms with van der Waals surface area (Å²) in [4.78, 5) is 15.5. The molecule has 1 unspecified atom stereocenters. The third kappa shape index (κ3) is 7.58. The van der Waals surface area contributed by atoms with Crippen molar-refractivity contribution in [3.63, 3.8) is 0 Å². The van der Waals surface area contributed by atoms with Crippen LogP contribution in [0.5, 0.6) is 0 Å². The molecule has 0 fully saturated rings. The summed E-state index contributed by atoms with van der Waals surface area (Å²) in [6, 6.07) is 4.08. The third-order valence-corrected chi connectivity index (χ3v) is 3.62. The van der Waals surface area contributed by atoms with E-state index in [-0.39, 0.29) is 17.3 Å². The van der Waals surface area contributed by atoms with Gasteiger partial charge in [-0.25, -0.2) is 23.2 Å². The summed E-state index contributed by atoms with van der Waals surface area (Å²) >= 11 is 6.13. The van der Waals surface area contributed by atoms with Gasteiger partial charge in [-0.3, -0.25) is 0 Å². The normalized spacial score (nSPS) is 12.2. The van der Waals surface area contributed by atoms with Crippen LogP contribution >= 0.6 is 11.6 Å². The molecular weight excluding hydrogens is 404 g/mol. The molecule has 0 saturated carbocycles. The summed E-state index contributed by atoms with van der Waals surface area (Å²) in [7, 11) is 0. The van der Waals surface area contributed by atoms with Crippen molar-refractivity contribution < 1.29 is 18.3 Å². The van der Waals surface area contributed by atoms with Crippen LogP contribution in [0.1, 0.15) is 64.9 Å². The molecule has 10 heteroatoms. The molecule has 0 aliphatic heterocycles. The van der Waals surface area contributed by atoms with E-state index < -0.39 is 30.0 Å². The summed E-state index contributed by atoms with van der Waals surface area (Å²) in [6.07, 6.45) is -1.19. The SMILES string of the molecule is CC(C)(C)OC(=O)NC(CN)c1ccc(Cl)c(-n2ncnc2C(F)F)c1.CCC. The zero-order chi connectivity index (χ0) is 22.2. The molecule has 29 heavy (non-hydrogen) atoms. The van der Waals surface area contributed by atoms with E-state index in [4.69, 9.17) is 22.1 Å². The van der Waals surface area contributed by atoms with Gasteiger partial charge in [0, 0.05) is 6.54 Å². The highest BCUT2D eigenvalue weighted by molar-refractivity contribution is 6.32. The maximum absolute atomic E-state index is 13.1. The van der Waals surface area contributed by atoms with E-state index in [1.54, 1.807) is 26.8 Å². The van der Waals surface area contributed by atoms with Gasteiger partial charge in [0.25, 0.3) is 6.43 Å². The van der Waals surface area contributed by atoms with Crippen molar-refractivity contribution in [3.05, 3.63) is 40.9 Å². The minimum absolute atomic E-state index is 0.0688. The Morgan fingerprint density at radius 3 is 2.48 bits per heavy atom. The van der Waals surface area contributed by atoms with Gasteiger partial charge in [-0.15, -0.1) is 0 Å². The lowest BCUT2D eigenvalue weighted by Gasteiger charge is -2.23. The highest BCUT2D eigenvalue weighted by atomic mass is 35.5. The fourth-order valence-corrected chi connectivity index (χ4v) is 2.42.